The molecule has 0 bridgehead atoms. The van der Waals surface area contributed by atoms with Crippen molar-refractivity contribution in [2.24, 2.45) is 0 Å². The predicted octanol–water partition coefficient (Wildman–Crippen LogP) is 3.11. The highest BCUT2D eigenvalue weighted by Gasteiger charge is 2.42. The van der Waals surface area contributed by atoms with Crippen molar-refractivity contribution in [1.82, 2.24) is 0 Å². The van der Waals surface area contributed by atoms with Crippen LogP contribution >= 0.6 is 15.9 Å². The Kier molecular flexibility index (Phi) is 4.49. The minimum absolute atomic E-state index is 0.275. The fraction of sp³-hybridized carbons (Fsp3) is 0.500. The van der Waals surface area contributed by atoms with Gasteiger partial charge >= 0.3 is 0 Å². The Bertz CT molecular complexity index is 477. The molecule has 1 aliphatic rings. The van der Waals surface area contributed by atoms with Crippen LogP contribution in [0.2, 0.25) is 0 Å². The maximum atomic E-state index is 13.2. The van der Waals surface area contributed by atoms with Crippen LogP contribution in [0.25, 0.3) is 0 Å². The van der Waals surface area contributed by atoms with Crippen molar-refractivity contribution in [2.75, 3.05) is 18.5 Å². The van der Waals surface area contributed by atoms with E-state index < -0.39 is 16.5 Å². The topological polar surface area (TPSA) is 61.6 Å². The summed E-state index contributed by atoms with van der Waals surface area (Å²) in [6.07, 6.45) is 1.21. The van der Waals surface area contributed by atoms with Crippen LogP contribution in [0, 0.1) is 15.9 Å². The van der Waals surface area contributed by atoms with E-state index in [1.165, 1.54) is 12.1 Å². The van der Waals surface area contributed by atoms with E-state index >= 15 is 0 Å². The summed E-state index contributed by atoms with van der Waals surface area (Å²) >= 11 is 3.31. The zero-order valence-electron chi connectivity index (χ0n) is 10.1. The van der Waals surface area contributed by atoms with Gasteiger partial charge in [0.25, 0.3) is 5.69 Å². The summed E-state index contributed by atoms with van der Waals surface area (Å²) in [5.41, 5.74) is -0.0335. The first-order chi connectivity index (χ1) is 9.09. The molecule has 104 valence electrons. The molecule has 0 unspecified atom stereocenters. The van der Waals surface area contributed by atoms with Gasteiger partial charge in [-0.25, -0.2) is 4.39 Å². The van der Waals surface area contributed by atoms with Crippen molar-refractivity contribution in [1.29, 1.82) is 0 Å². The first kappa shape index (κ1) is 14.4. The van der Waals surface area contributed by atoms with Crippen LogP contribution in [0.5, 0.6) is 0 Å². The van der Waals surface area contributed by atoms with Gasteiger partial charge in [0.05, 0.1) is 29.8 Å². The smallest absolute Gasteiger partial charge is 0.280 e. The molecule has 0 spiro atoms. The van der Waals surface area contributed by atoms with Crippen molar-refractivity contribution in [3.05, 3.63) is 39.7 Å². The lowest BCUT2D eigenvalue weighted by Gasteiger charge is -2.27. The average Bonchev–Trinajstić information content (AvgIpc) is 2.86. The van der Waals surface area contributed by atoms with Crippen molar-refractivity contribution in [3.8, 4) is 0 Å². The lowest BCUT2D eigenvalue weighted by molar-refractivity contribution is -0.388. The molecular formula is C12H13BrFNO4. The molecule has 0 aromatic heterocycles. The second-order valence-corrected chi connectivity index (χ2v) is 4.95. The van der Waals surface area contributed by atoms with Crippen LogP contribution in [-0.4, -0.2) is 23.5 Å². The maximum Gasteiger partial charge on any atom is 0.280 e. The van der Waals surface area contributed by atoms with E-state index in [0.717, 1.165) is 17.8 Å². The molecule has 5 nitrogen and oxygen atoms in total. The number of ether oxygens (including phenoxy) is 2. The number of benzene rings is 1. The highest BCUT2D eigenvalue weighted by atomic mass is 79.9. The molecule has 0 N–H and O–H groups in total. The van der Waals surface area contributed by atoms with Gasteiger partial charge in [0.15, 0.2) is 0 Å². The van der Waals surface area contributed by atoms with Gasteiger partial charge in [-0.3, -0.25) is 10.1 Å². The number of hydrogen-bond acceptors (Lipinski definition) is 4. The summed E-state index contributed by atoms with van der Waals surface area (Å²) in [7, 11) is 0. The largest absolute Gasteiger partial charge is 0.343 e. The fourth-order valence-electron chi connectivity index (χ4n) is 2.17. The number of alkyl halides is 1. The quantitative estimate of drug-likeness (QED) is 0.472. The van der Waals surface area contributed by atoms with E-state index in [1.807, 2.05) is 0 Å². The van der Waals surface area contributed by atoms with Gasteiger partial charge in [0, 0.05) is 11.8 Å². The van der Waals surface area contributed by atoms with Gasteiger partial charge in [-0.1, -0.05) is 15.9 Å². The van der Waals surface area contributed by atoms with E-state index in [4.69, 9.17) is 9.47 Å². The van der Waals surface area contributed by atoms with E-state index in [9.17, 15) is 14.5 Å². The van der Waals surface area contributed by atoms with E-state index in [0.29, 0.717) is 19.6 Å². The maximum absolute atomic E-state index is 13.2. The normalized spacial score (nSPS) is 17.6. The second kappa shape index (κ2) is 5.94. The van der Waals surface area contributed by atoms with Gasteiger partial charge < -0.3 is 9.47 Å². The third kappa shape index (κ3) is 2.93. The molecule has 0 saturated carbocycles. The molecular weight excluding hydrogens is 321 g/mol. The summed E-state index contributed by atoms with van der Waals surface area (Å²) in [5, 5.41) is 11.8. The molecule has 1 aliphatic heterocycles. The van der Waals surface area contributed by atoms with E-state index in [-0.39, 0.29) is 11.3 Å². The summed E-state index contributed by atoms with van der Waals surface area (Å²) in [4.78, 5) is 10.5. The Morgan fingerprint density at radius 3 is 2.68 bits per heavy atom. The zero-order valence-corrected chi connectivity index (χ0v) is 11.7. The van der Waals surface area contributed by atoms with Crippen molar-refractivity contribution in [3.63, 3.8) is 0 Å². The number of hydrogen-bond donors (Lipinski definition) is 0. The SMILES string of the molecule is O=[N+]([O-])c1cc(F)ccc1C1(CCCBr)OCCO1. The minimum Gasteiger partial charge on any atom is -0.343 e. The lowest BCUT2D eigenvalue weighted by Crippen LogP contribution is -2.28. The highest BCUT2D eigenvalue weighted by Crippen LogP contribution is 2.40. The number of rotatable bonds is 5. The molecule has 0 amide bonds. The molecule has 1 aromatic rings. The van der Waals surface area contributed by atoms with Crippen molar-refractivity contribution in [2.45, 2.75) is 18.6 Å². The number of halogens is 2. The number of nitrogens with zero attached hydrogens (tertiary/aromatic N) is 1. The van der Waals surface area contributed by atoms with Crippen LogP contribution in [0.3, 0.4) is 0 Å². The molecule has 0 atom stereocenters. The van der Waals surface area contributed by atoms with Gasteiger partial charge in [0.2, 0.25) is 5.79 Å². The van der Waals surface area contributed by atoms with Gasteiger partial charge in [-0.15, -0.1) is 0 Å². The van der Waals surface area contributed by atoms with Crippen LogP contribution < -0.4 is 0 Å². The van der Waals surface area contributed by atoms with E-state index in [2.05, 4.69) is 15.9 Å². The first-order valence-corrected chi connectivity index (χ1v) is 6.99. The average molecular weight is 334 g/mol. The monoisotopic (exact) mass is 333 g/mol. The third-order valence-electron chi connectivity index (χ3n) is 2.96. The van der Waals surface area contributed by atoms with Gasteiger partial charge in [0.1, 0.15) is 5.82 Å². The summed E-state index contributed by atoms with van der Waals surface area (Å²) in [5.74, 6) is -1.78. The molecule has 1 fully saturated rings. The molecule has 0 radical (unpaired) electrons. The van der Waals surface area contributed by atoms with Crippen molar-refractivity contribution < 1.29 is 18.8 Å². The van der Waals surface area contributed by atoms with Crippen molar-refractivity contribution >= 4 is 21.6 Å². The van der Waals surface area contributed by atoms with Gasteiger partial charge in [-0.05, 0) is 18.6 Å². The van der Waals surface area contributed by atoms with Crippen LogP contribution in [0.15, 0.2) is 18.2 Å². The van der Waals surface area contributed by atoms with Crippen LogP contribution in [0.4, 0.5) is 10.1 Å². The second-order valence-electron chi connectivity index (χ2n) is 4.16. The third-order valence-corrected chi connectivity index (χ3v) is 3.52. The standard InChI is InChI=1S/C12H13BrFNO4/c13-5-1-4-12(18-6-7-19-12)10-3-2-9(14)8-11(10)15(16)17/h2-3,8H,1,4-7H2. The molecule has 19 heavy (non-hydrogen) atoms. The Morgan fingerprint density at radius 1 is 1.42 bits per heavy atom. The molecule has 1 aromatic carbocycles. The van der Waals surface area contributed by atoms with Crippen LogP contribution in [0.1, 0.15) is 18.4 Å². The van der Waals surface area contributed by atoms with Crippen LogP contribution in [-0.2, 0) is 15.3 Å². The van der Waals surface area contributed by atoms with Gasteiger partial charge in [-0.2, -0.15) is 0 Å². The predicted molar refractivity (Wildman–Crippen MR) is 69.7 cm³/mol. The summed E-state index contributed by atoms with van der Waals surface area (Å²) < 4.78 is 24.4. The summed E-state index contributed by atoms with van der Waals surface area (Å²) in [6, 6.07) is 3.45. The Labute approximate surface area is 118 Å². The molecule has 0 aliphatic carbocycles. The molecule has 7 heteroatoms. The minimum atomic E-state index is -1.14. The Hall–Kier alpha value is -1.05. The molecule has 1 heterocycles. The number of nitro benzene ring substituents is 1. The molecule has 2 rings (SSSR count). The Balaban J connectivity index is 2.44. The molecule has 1 saturated heterocycles. The fourth-order valence-corrected chi connectivity index (χ4v) is 2.45. The number of nitro groups is 1. The highest BCUT2D eigenvalue weighted by molar-refractivity contribution is 9.09. The van der Waals surface area contributed by atoms with E-state index in [1.54, 1.807) is 0 Å². The summed E-state index contributed by atoms with van der Waals surface area (Å²) in [6.45, 7) is 0.744. The zero-order chi connectivity index (χ0) is 13.9. The lowest BCUT2D eigenvalue weighted by atomic mass is 9.99. The first-order valence-electron chi connectivity index (χ1n) is 5.87. The Morgan fingerprint density at radius 2 is 2.11 bits per heavy atom.